The second-order valence-corrected chi connectivity index (χ2v) is 7.61. The van der Waals surface area contributed by atoms with Gasteiger partial charge in [0.15, 0.2) is 0 Å². The Morgan fingerprint density at radius 2 is 1.57 bits per heavy atom. The molecule has 0 aliphatic carbocycles. The fourth-order valence-electron chi connectivity index (χ4n) is 3.68. The van der Waals surface area contributed by atoms with Gasteiger partial charge >= 0.3 is 0 Å². The van der Waals surface area contributed by atoms with Gasteiger partial charge in [0.1, 0.15) is 11.5 Å². The number of amides is 2. The van der Waals surface area contributed by atoms with E-state index in [1.807, 2.05) is 0 Å². The van der Waals surface area contributed by atoms with Crippen LogP contribution in [0.1, 0.15) is 25.5 Å². The number of carbonyl (C=O) groups excluding carboxylic acids is 2. The fourth-order valence-corrected chi connectivity index (χ4v) is 4.18. The van der Waals surface area contributed by atoms with Crippen molar-refractivity contribution in [2.45, 2.75) is 19.8 Å². The summed E-state index contributed by atoms with van der Waals surface area (Å²) in [6.45, 7) is 3.49. The first-order chi connectivity index (χ1) is 13.4. The number of halogens is 2. The molecule has 2 aliphatic rings. The van der Waals surface area contributed by atoms with Gasteiger partial charge in [-0.15, -0.1) is 0 Å². The van der Waals surface area contributed by atoms with E-state index in [9.17, 15) is 9.59 Å². The van der Waals surface area contributed by atoms with Gasteiger partial charge in [-0.1, -0.05) is 23.2 Å². The Kier molecular flexibility index (Phi) is 4.72. The maximum absolute atomic E-state index is 12.5. The smallest absolute Gasteiger partial charge is 0.249 e. The largest absolute Gasteiger partial charge is 0.461 e. The second kappa shape index (κ2) is 7.07. The summed E-state index contributed by atoms with van der Waals surface area (Å²) in [5.41, 5.74) is 6.79. The zero-order valence-electron chi connectivity index (χ0n) is 15.0. The van der Waals surface area contributed by atoms with Crippen LogP contribution in [0.5, 0.6) is 0 Å². The van der Waals surface area contributed by atoms with Crippen molar-refractivity contribution >= 4 is 46.4 Å². The zero-order chi connectivity index (χ0) is 20.0. The van der Waals surface area contributed by atoms with E-state index in [1.54, 1.807) is 44.2 Å². The molecule has 0 radical (unpaired) electrons. The van der Waals surface area contributed by atoms with E-state index in [0.29, 0.717) is 38.6 Å². The predicted molar refractivity (Wildman–Crippen MR) is 106 cm³/mol. The van der Waals surface area contributed by atoms with Crippen molar-refractivity contribution in [1.29, 1.82) is 0 Å². The highest BCUT2D eigenvalue weighted by atomic mass is 35.5. The molecule has 0 saturated heterocycles. The van der Waals surface area contributed by atoms with E-state index in [1.165, 1.54) is 0 Å². The predicted octanol–water partition coefficient (Wildman–Crippen LogP) is 3.58. The van der Waals surface area contributed by atoms with Gasteiger partial charge in [-0.25, -0.2) is 10.9 Å². The summed E-state index contributed by atoms with van der Waals surface area (Å²) in [5, 5.41) is 9.00. The first-order valence-electron chi connectivity index (χ1n) is 8.60. The SMILES string of the molecule is CC1=NNC(=O)C1C(c1ccc(-c2ccc(Cl)cc2Cl)o1)C1C(=O)NN=C1C. The summed E-state index contributed by atoms with van der Waals surface area (Å²) < 4.78 is 6.07. The summed E-state index contributed by atoms with van der Waals surface area (Å²) >= 11 is 12.3. The number of nitrogens with one attached hydrogen (secondary N) is 2. The van der Waals surface area contributed by atoms with Crippen LogP contribution >= 0.6 is 23.2 Å². The molecule has 0 spiro atoms. The number of hydrogen-bond acceptors (Lipinski definition) is 5. The van der Waals surface area contributed by atoms with Crippen LogP contribution < -0.4 is 10.9 Å². The summed E-state index contributed by atoms with van der Waals surface area (Å²) in [4.78, 5) is 24.9. The molecule has 4 rings (SSSR count). The number of nitrogens with zero attached hydrogens (tertiary/aromatic N) is 2. The van der Waals surface area contributed by atoms with Gasteiger partial charge in [0.05, 0.1) is 22.8 Å². The van der Waals surface area contributed by atoms with E-state index in [0.717, 1.165) is 0 Å². The van der Waals surface area contributed by atoms with E-state index in [-0.39, 0.29) is 11.8 Å². The summed E-state index contributed by atoms with van der Waals surface area (Å²) in [6.07, 6.45) is 0. The third-order valence-electron chi connectivity index (χ3n) is 5.02. The average molecular weight is 419 g/mol. The van der Waals surface area contributed by atoms with Crippen molar-refractivity contribution < 1.29 is 14.0 Å². The highest BCUT2D eigenvalue weighted by molar-refractivity contribution is 6.36. The van der Waals surface area contributed by atoms with Gasteiger partial charge in [0.2, 0.25) is 11.8 Å². The Bertz CT molecular complexity index is 1010. The number of hydrazone groups is 2. The summed E-state index contributed by atoms with van der Waals surface area (Å²) in [6, 6.07) is 8.61. The molecule has 144 valence electrons. The van der Waals surface area contributed by atoms with Crippen molar-refractivity contribution in [3.8, 4) is 11.3 Å². The van der Waals surface area contributed by atoms with E-state index in [4.69, 9.17) is 27.6 Å². The molecular weight excluding hydrogens is 403 g/mol. The molecule has 0 bridgehead atoms. The monoisotopic (exact) mass is 418 g/mol. The number of benzene rings is 1. The van der Waals surface area contributed by atoms with Crippen LogP contribution in [0, 0.1) is 11.8 Å². The molecule has 3 heterocycles. The minimum Gasteiger partial charge on any atom is -0.461 e. The first kappa shape index (κ1) is 18.7. The number of carbonyl (C=O) groups is 2. The van der Waals surface area contributed by atoms with Gasteiger partial charge in [-0.2, -0.15) is 10.2 Å². The Morgan fingerprint density at radius 3 is 2.07 bits per heavy atom. The molecule has 2 aromatic rings. The lowest BCUT2D eigenvalue weighted by atomic mass is 9.75. The van der Waals surface area contributed by atoms with E-state index < -0.39 is 17.8 Å². The lowest BCUT2D eigenvalue weighted by Crippen LogP contribution is -2.38. The lowest BCUT2D eigenvalue weighted by Gasteiger charge is -2.24. The van der Waals surface area contributed by atoms with Gasteiger partial charge in [-0.3, -0.25) is 9.59 Å². The zero-order valence-corrected chi connectivity index (χ0v) is 16.5. The van der Waals surface area contributed by atoms with Crippen molar-refractivity contribution in [3.05, 3.63) is 46.1 Å². The number of rotatable bonds is 4. The number of furan rings is 1. The molecule has 2 aliphatic heterocycles. The third kappa shape index (κ3) is 3.10. The molecule has 0 saturated carbocycles. The quantitative estimate of drug-likeness (QED) is 0.793. The van der Waals surface area contributed by atoms with Crippen LogP contribution in [-0.4, -0.2) is 23.2 Å². The van der Waals surface area contributed by atoms with Crippen LogP contribution in [0.25, 0.3) is 11.3 Å². The third-order valence-corrected chi connectivity index (χ3v) is 5.57. The molecule has 2 N–H and O–H groups in total. The maximum Gasteiger partial charge on any atom is 0.249 e. The van der Waals surface area contributed by atoms with Gasteiger partial charge in [-0.05, 0) is 44.2 Å². The van der Waals surface area contributed by atoms with Crippen molar-refractivity contribution in [1.82, 2.24) is 10.9 Å². The fraction of sp³-hybridized carbons (Fsp3) is 0.263. The molecule has 1 aromatic heterocycles. The van der Waals surface area contributed by atoms with Gasteiger partial charge in [0, 0.05) is 22.0 Å². The standard InChI is InChI=1S/C19H16Cl2N4O3/c1-8-15(18(26)24-22-8)17(16-9(2)23-25-19(16)27)14-6-5-13(28-14)11-4-3-10(20)7-12(11)21/h3-7,15-17H,1-2H3,(H,24,26)(H,25,27). The highest BCUT2D eigenvalue weighted by Crippen LogP contribution is 2.41. The lowest BCUT2D eigenvalue weighted by molar-refractivity contribution is -0.125. The molecule has 2 unspecified atom stereocenters. The van der Waals surface area contributed by atoms with Crippen molar-refractivity contribution in [3.63, 3.8) is 0 Å². The second-order valence-electron chi connectivity index (χ2n) is 6.77. The van der Waals surface area contributed by atoms with Crippen molar-refractivity contribution in [2.75, 3.05) is 0 Å². The van der Waals surface area contributed by atoms with Crippen LogP contribution in [0.3, 0.4) is 0 Å². The van der Waals surface area contributed by atoms with Crippen molar-refractivity contribution in [2.24, 2.45) is 22.0 Å². The van der Waals surface area contributed by atoms with E-state index >= 15 is 0 Å². The topological polar surface area (TPSA) is 96.1 Å². The van der Waals surface area contributed by atoms with E-state index in [2.05, 4.69) is 21.1 Å². The Labute approximate surface area is 170 Å². The van der Waals surface area contributed by atoms with Crippen LogP contribution in [0.4, 0.5) is 0 Å². The molecular formula is C19H16Cl2N4O3. The molecule has 1 aromatic carbocycles. The van der Waals surface area contributed by atoms with Gasteiger partial charge in [0.25, 0.3) is 0 Å². The summed E-state index contributed by atoms with van der Waals surface area (Å²) in [7, 11) is 0. The Morgan fingerprint density at radius 1 is 0.964 bits per heavy atom. The molecule has 7 nitrogen and oxygen atoms in total. The normalized spacial score (nSPS) is 22.6. The maximum atomic E-state index is 12.5. The molecule has 2 amide bonds. The minimum atomic E-state index is -0.640. The van der Waals surface area contributed by atoms with Crippen LogP contribution in [0.2, 0.25) is 10.0 Å². The molecule has 28 heavy (non-hydrogen) atoms. The highest BCUT2D eigenvalue weighted by Gasteiger charge is 2.47. The average Bonchev–Trinajstić information content (AvgIpc) is 3.33. The Balaban J connectivity index is 1.79. The van der Waals surface area contributed by atoms with Gasteiger partial charge < -0.3 is 4.42 Å². The molecule has 2 atom stereocenters. The Hall–Kier alpha value is -2.64. The summed E-state index contributed by atoms with van der Waals surface area (Å²) in [5.74, 6) is -1.43. The molecule has 9 heteroatoms. The van der Waals surface area contributed by atoms with Crippen LogP contribution in [0.15, 0.2) is 45.0 Å². The first-order valence-corrected chi connectivity index (χ1v) is 9.35. The molecule has 0 fully saturated rings. The van der Waals surface area contributed by atoms with Crippen LogP contribution in [-0.2, 0) is 9.59 Å². The number of hydrogen-bond donors (Lipinski definition) is 2. The minimum absolute atomic E-state index is 0.280.